The Balaban J connectivity index is 2.25. The molecule has 0 aliphatic heterocycles. The van der Waals surface area contributed by atoms with Crippen molar-refractivity contribution in [3.63, 3.8) is 0 Å². The number of aromatic amines is 1. The van der Waals surface area contributed by atoms with Gasteiger partial charge in [0, 0.05) is 5.69 Å². The van der Waals surface area contributed by atoms with E-state index in [2.05, 4.69) is 4.98 Å². The van der Waals surface area contributed by atoms with Gasteiger partial charge in [-0.1, -0.05) is 33.8 Å². The van der Waals surface area contributed by atoms with Crippen molar-refractivity contribution in [2.45, 2.75) is 60.3 Å². The summed E-state index contributed by atoms with van der Waals surface area (Å²) in [5.41, 5.74) is 3.04. The van der Waals surface area contributed by atoms with Gasteiger partial charge in [-0.25, -0.2) is 9.59 Å². The predicted octanol–water partition coefficient (Wildman–Crippen LogP) is 4.80. The molecule has 31 heavy (non-hydrogen) atoms. The van der Waals surface area contributed by atoms with Gasteiger partial charge < -0.3 is 19.6 Å². The number of ether oxygens (including phenoxy) is 2. The van der Waals surface area contributed by atoms with E-state index in [4.69, 9.17) is 9.47 Å². The Bertz CT molecular complexity index is 1000. The second-order valence-corrected chi connectivity index (χ2v) is 8.16. The van der Waals surface area contributed by atoms with Crippen LogP contribution in [-0.4, -0.2) is 41.0 Å². The minimum Gasteiger partial charge on any atom is -0.507 e. The molecule has 2 aromatic rings. The van der Waals surface area contributed by atoms with E-state index in [1.54, 1.807) is 26.8 Å². The number of nitrogens with one attached hydrogen (secondary N) is 1. The van der Waals surface area contributed by atoms with Gasteiger partial charge in [-0.05, 0) is 55.4 Å². The highest BCUT2D eigenvalue weighted by atomic mass is 16.5. The molecule has 2 N–H and O–H groups in total. The number of Topliss-reactive ketones (excluding diaryl/α,β-unsaturated/α-hetero) is 1. The van der Waals surface area contributed by atoms with Crippen LogP contribution in [-0.2, 0) is 9.47 Å². The maximum absolute atomic E-state index is 12.7. The smallest absolute Gasteiger partial charge is 0.342 e. The molecule has 1 heterocycles. The summed E-state index contributed by atoms with van der Waals surface area (Å²) in [6.07, 6.45) is 0. The predicted molar refractivity (Wildman–Crippen MR) is 117 cm³/mol. The maximum Gasteiger partial charge on any atom is 0.342 e. The van der Waals surface area contributed by atoms with Crippen LogP contribution in [0.25, 0.3) is 0 Å². The van der Waals surface area contributed by atoms with E-state index in [-0.39, 0.29) is 35.4 Å². The van der Waals surface area contributed by atoms with Crippen LogP contribution in [0.4, 0.5) is 0 Å². The molecule has 0 aliphatic carbocycles. The molecule has 7 heteroatoms. The van der Waals surface area contributed by atoms with Crippen molar-refractivity contribution in [3.8, 4) is 5.75 Å². The first-order chi connectivity index (χ1) is 14.5. The lowest BCUT2D eigenvalue weighted by Gasteiger charge is -2.16. The number of rotatable bonds is 8. The van der Waals surface area contributed by atoms with Gasteiger partial charge in [-0.15, -0.1) is 0 Å². The number of hydrogen-bond acceptors (Lipinski definition) is 6. The van der Waals surface area contributed by atoms with Gasteiger partial charge in [0.2, 0.25) is 5.78 Å². The van der Waals surface area contributed by atoms with Crippen LogP contribution in [0.1, 0.15) is 100 Å². The van der Waals surface area contributed by atoms with Crippen LogP contribution in [0.3, 0.4) is 0 Å². The Morgan fingerprint density at radius 2 is 1.65 bits per heavy atom. The number of benzene rings is 1. The van der Waals surface area contributed by atoms with Crippen LogP contribution in [0.5, 0.6) is 5.75 Å². The summed E-state index contributed by atoms with van der Waals surface area (Å²) in [5.74, 6) is -1.74. The summed E-state index contributed by atoms with van der Waals surface area (Å²) >= 11 is 0. The molecule has 0 saturated carbocycles. The number of hydrogen-bond donors (Lipinski definition) is 2. The molecule has 0 atom stereocenters. The Morgan fingerprint density at radius 1 is 1.00 bits per heavy atom. The van der Waals surface area contributed by atoms with E-state index < -0.39 is 24.3 Å². The Kier molecular flexibility index (Phi) is 7.65. The zero-order valence-electron chi connectivity index (χ0n) is 19.2. The van der Waals surface area contributed by atoms with Gasteiger partial charge >= 0.3 is 11.9 Å². The molecule has 0 amide bonds. The molecule has 0 spiro atoms. The van der Waals surface area contributed by atoms with Crippen LogP contribution in [0, 0.1) is 13.8 Å². The summed E-state index contributed by atoms with van der Waals surface area (Å²) in [6.45, 7) is 12.5. The van der Waals surface area contributed by atoms with Crippen molar-refractivity contribution in [3.05, 3.63) is 51.3 Å². The lowest BCUT2D eigenvalue weighted by atomic mass is 9.92. The molecule has 0 radical (unpaired) electrons. The van der Waals surface area contributed by atoms with Crippen molar-refractivity contribution >= 4 is 17.7 Å². The Hall–Kier alpha value is -3.09. The lowest BCUT2D eigenvalue weighted by Crippen LogP contribution is -2.16. The van der Waals surface area contributed by atoms with E-state index in [1.807, 2.05) is 33.8 Å². The standard InChI is InChI=1S/C24H31NO6/c1-8-30-24(29)20-14(6)21(25-15(20)7)19(26)11-31-23(28)18-10-16(12(2)3)9-17(13(4)5)22(18)27/h9-10,12-13,25,27H,8,11H2,1-7H3. The van der Waals surface area contributed by atoms with Crippen LogP contribution >= 0.6 is 0 Å². The number of carbonyl (C=O) groups is 3. The van der Waals surface area contributed by atoms with Gasteiger partial charge in [0.25, 0.3) is 0 Å². The largest absolute Gasteiger partial charge is 0.507 e. The first-order valence-corrected chi connectivity index (χ1v) is 10.4. The molecular weight excluding hydrogens is 398 g/mol. The quantitative estimate of drug-likeness (QED) is 0.461. The zero-order chi connectivity index (χ0) is 23.5. The number of aryl methyl sites for hydroxylation is 1. The summed E-state index contributed by atoms with van der Waals surface area (Å²) in [6, 6.07) is 3.48. The first-order valence-electron chi connectivity index (χ1n) is 10.4. The molecule has 0 unspecified atom stereocenters. The summed E-state index contributed by atoms with van der Waals surface area (Å²) in [7, 11) is 0. The number of H-pyrrole nitrogens is 1. The van der Waals surface area contributed by atoms with E-state index in [0.29, 0.717) is 22.4 Å². The molecule has 1 aromatic carbocycles. The highest BCUT2D eigenvalue weighted by Crippen LogP contribution is 2.33. The summed E-state index contributed by atoms with van der Waals surface area (Å²) in [4.78, 5) is 40.3. The molecule has 168 valence electrons. The fourth-order valence-corrected chi connectivity index (χ4v) is 3.43. The van der Waals surface area contributed by atoms with Gasteiger partial charge in [-0.2, -0.15) is 0 Å². The monoisotopic (exact) mass is 429 g/mol. The number of aromatic hydroxyl groups is 1. The highest BCUT2D eigenvalue weighted by molar-refractivity contribution is 6.03. The third-order valence-electron chi connectivity index (χ3n) is 5.20. The van der Waals surface area contributed by atoms with E-state index >= 15 is 0 Å². The molecule has 0 bridgehead atoms. The van der Waals surface area contributed by atoms with Gasteiger partial charge in [0.15, 0.2) is 6.61 Å². The Morgan fingerprint density at radius 3 is 2.19 bits per heavy atom. The van der Waals surface area contributed by atoms with Crippen molar-refractivity contribution < 1.29 is 29.0 Å². The topological polar surface area (TPSA) is 106 Å². The maximum atomic E-state index is 12.7. The van der Waals surface area contributed by atoms with Crippen LogP contribution in [0.2, 0.25) is 0 Å². The van der Waals surface area contributed by atoms with Crippen molar-refractivity contribution in [1.29, 1.82) is 0 Å². The second kappa shape index (κ2) is 9.81. The second-order valence-electron chi connectivity index (χ2n) is 8.16. The van der Waals surface area contributed by atoms with Gasteiger partial charge in [-0.3, -0.25) is 4.79 Å². The number of ketones is 1. The molecule has 7 nitrogen and oxygen atoms in total. The van der Waals surface area contributed by atoms with Crippen LogP contribution < -0.4 is 0 Å². The third-order valence-corrected chi connectivity index (χ3v) is 5.20. The molecule has 0 aliphatic rings. The normalized spacial score (nSPS) is 11.1. The third kappa shape index (κ3) is 5.16. The highest BCUT2D eigenvalue weighted by Gasteiger charge is 2.25. The van der Waals surface area contributed by atoms with Gasteiger partial charge in [0.1, 0.15) is 11.3 Å². The molecule has 0 fully saturated rings. The fraction of sp³-hybridized carbons (Fsp3) is 0.458. The molecule has 1 aromatic heterocycles. The minimum atomic E-state index is -0.776. The zero-order valence-corrected chi connectivity index (χ0v) is 19.2. The summed E-state index contributed by atoms with van der Waals surface area (Å²) < 4.78 is 10.3. The fourth-order valence-electron chi connectivity index (χ4n) is 3.43. The average molecular weight is 430 g/mol. The number of aromatic nitrogens is 1. The lowest BCUT2D eigenvalue weighted by molar-refractivity contribution is 0.0469. The van der Waals surface area contributed by atoms with E-state index in [1.165, 1.54) is 0 Å². The number of phenols is 1. The average Bonchev–Trinajstić information content (AvgIpc) is 2.99. The SMILES string of the molecule is CCOC(=O)c1c(C)[nH]c(C(=O)COC(=O)c2cc(C(C)C)cc(C(C)C)c2O)c1C. The first kappa shape index (κ1) is 24.2. The van der Waals surface area contributed by atoms with Crippen molar-refractivity contribution in [2.24, 2.45) is 0 Å². The molecule has 2 rings (SSSR count). The van der Waals surface area contributed by atoms with Crippen molar-refractivity contribution in [1.82, 2.24) is 4.98 Å². The van der Waals surface area contributed by atoms with Crippen LogP contribution in [0.15, 0.2) is 12.1 Å². The minimum absolute atomic E-state index is 0.0118. The van der Waals surface area contributed by atoms with Crippen molar-refractivity contribution in [2.75, 3.05) is 13.2 Å². The number of carbonyl (C=O) groups excluding carboxylic acids is 3. The van der Waals surface area contributed by atoms with Gasteiger partial charge in [0.05, 0.1) is 17.9 Å². The number of phenolic OH excluding ortho intramolecular Hbond substituents is 1. The summed E-state index contributed by atoms with van der Waals surface area (Å²) in [5, 5.41) is 10.6. The Labute approximate surface area is 182 Å². The van der Waals surface area contributed by atoms with E-state index in [9.17, 15) is 19.5 Å². The molecular formula is C24H31NO6. The number of esters is 2. The molecule has 0 saturated heterocycles. The van der Waals surface area contributed by atoms with E-state index in [0.717, 1.165) is 5.56 Å².